The molecule has 8 heteroatoms. The smallest absolute Gasteiger partial charge is 0.328 e. The number of hydrogen-bond acceptors (Lipinski definition) is 6. The summed E-state index contributed by atoms with van der Waals surface area (Å²) in [6, 6.07) is 15.6. The second-order valence-electron chi connectivity index (χ2n) is 9.43. The van der Waals surface area contributed by atoms with Gasteiger partial charge in [0.15, 0.2) is 0 Å². The number of carbonyl (C=O) groups is 4. The number of carbonyl (C=O) groups excluding carboxylic acids is 4. The lowest BCUT2D eigenvalue weighted by Crippen LogP contribution is -2.69. The number of amides is 2. The lowest BCUT2D eigenvalue weighted by atomic mass is 9.95. The van der Waals surface area contributed by atoms with Crippen LogP contribution in [0.25, 0.3) is 0 Å². The molecule has 38 heavy (non-hydrogen) atoms. The van der Waals surface area contributed by atoms with Gasteiger partial charge in [-0.2, -0.15) is 0 Å². The van der Waals surface area contributed by atoms with Crippen molar-refractivity contribution in [2.24, 2.45) is 0 Å². The Morgan fingerprint density at radius 2 is 1.03 bits per heavy atom. The molecule has 1 aliphatic rings. The molecule has 0 bridgehead atoms. The van der Waals surface area contributed by atoms with Gasteiger partial charge in [-0.05, 0) is 64.5 Å². The summed E-state index contributed by atoms with van der Waals surface area (Å²) in [6.45, 7) is 6.95. The van der Waals surface area contributed by atoms with Crippen LogP contribution >= 0.6 is 0 Å². The molecule has 1 aliphatic heterocycles. The van der Waals surface area contributed by atoms with Crippen molar-refractivity contribution in [3.63, 3.8) is 0 Å². The summed E-state index contributed by atoms with van der Waals surface area (Å²) in [5, 5.41) is 0. The first-order valence-electron chi connectivity index (χ1n) is 13.4. The Bertz CT molecular complexity index is 1000. The van der Waals surface area contributed by atoms with Crippen LogP contribution in [0, 0.1) is 0 Å². The molecule has 0 N–H and O–H groups in total. The van der Waals surface area contributed by atoms with E-state index < -0.39 is 47.9 Å². The number of aryl methyl sites for hydroxylation is 2. The molecule has 1 heterocycles. The molecule has 0 spiro atoms. The van der Waals surface area contributed by atoms with Crippen molar-refractivity contribution in [3.8, 4) is 0 Å². The van der Waals surface area contributed by atoms with Gasteiger partial charge in [0.25, 0.3) is 0 Å². The van der Waals surface area contributed by atoms with E-state index in [1.807, 2.05) is 60.7 Å². The molecule has 2 aromatic carbocycles. The maximum absolute atomic E-state index is 13.8. The Balaban J connectivity index is 1.87. The van der Waals surface area contributed by atoms with Gasteiger partial charge >= 0.3 is 11.9 Å². The van der Waals surface area contributed by atoms with E-state index in [2.05, 4.69) is 0 Å². The van der Waals surface area contributed by atoms with Crippen LogP contribution in [0.15, 0.2) is 60.7 Å². The second-order valence-corrected chi connectivity index (χ2v) is 9.43. The summed E-state index contributed by atoms with van der Waals surface area (Å²) < 4.78 is 10.6. The highest BCUT2D eigenvalue weighted by Gasteiger charge is 2.50. The summed E-state index contributed by atoms with van der Waals surface area (Å²) in [5.41, 5.74) is 2.03. The van der Waals surface area contributed by atoms with Crippen molar-refractivity contribution >= 4 is 23.8 Å². The average Bonchev–Trinajstić information content (AvgIpc) is 2.92. The first kappa shape index (κ1) is 28.9. The molecule has 0 radical (unpaired) electrons. The highest BCUT2D eigenvalue weighted by Crippen LogP contribution is 2.27. The number of hydrogen-bond donors (Lipinski definition) is 0. The molecule has 0 unspecified atom stereocenters. The molecule has 0 aliphatic carbocycles. The fraction of sp³-hybridized carbons (Fsp3) is 0.467. The van der Waals surface area contributed by atoms with Crippen molar-refractivity contribution in [2.45, 2.75) is 77.5 Å². The maximum Gasteiger partial charge on any atom is 0.328 e. The third-order valence-electron chi connectivity index (χ3n) is 6.95. The zero-order valence-corrected chi connectivity index (χ0v) is 22.7. The molecular formula is C30H38N2O6. The molecule has 3 rings (SSSR count). The van der Waals surface area contributed by atoms with Crippen molar-refractivity contribution in [1.29, 1.82) is 0 Å². The minimum Gasteiger partial charge on any atom is -0.464 e. The van der Waals surface area contributed by atoms with E-state index in [4.69, 9.17) is 9.47 Å². The highest BCUT2D eigenvalue weighted by atomic mass is 16.5. The van der Waals surface area contributed by atoms with E-state index >= 15 is 0 Å². The van der Waals surface area contributed by atoms with Gasteiger partial charge in [0.1, 0.15) is 24.2 Å². The Labute approximate surface area is 224 Å². The quantitative estimate of drug-likeness (QED) is 0.396. The second kappa shape index (κ2) is 13.7. The van der Waals surface area contributed by atoms with Crippen LogP contribution in [0.3, 0.4) is 0 Å². The van der Waals surface area contributed by atoms with Gasteiger partial charge in [0.05, 0.1) is 13.2 Å². The zero-order valence-electron chi connectivity index (χ0n) is 22.7. The predicted octanol–water partition coefficient (Wildman–Crippen LogP) is 3.56. The number of esters is 2. The third kappa shape index (κ3) is 6.79. The van der Waals surface area contributed by atoms with Crippen molar-refractivity contribution in [1.82, 2.24) is 9.80 Å². The topological polar surface area (TPSA) is 93.2 Å². The van der Waals surface area contributed by atoms with Gasteiger partial charge in [-0.1, -0.05) is 60.7 Å². The normalized spacial score (nSPS) is 19.2. The Morgan fingerprint density at radius 3 is 1.34 bits per heavy atom. The third-order valence-corrected chi connectivity index (χ3v) is 6.95. The molecule has 2 amide bonds. The molecule has 1 saturated heterocycles. The Hall–Kier alpha value is -3.68. The molecule has 1 fully saturated rings. The van der Waals surface area contributed by atoms with Gasteiger partial charge in [0.2, 0.25) is 11.8 Å². The van der Waals surface area contributed by atoms with Crippen molar-refractivity contribution < 1.29 is 28.7 Å². The highest BCUT2D eigenvalue weighted by molar-refractivity contribution is 6.00. The summed E-state index contributed by atoms with van der Waals surface area (Å²) in [5.74, 6) is -1.86. The van der Waals surface area contributed by atoms with Crippen LogP contribution in [-0.2, 0) is 41.5 Å². The minimum absolute atomic E-state index is 0.164. The predicted molar refractivity (Wildman–Crippen MR) is 143 cm³/mol. The number of ether oxygens (including phenoxy) is 2. The molecule has 4 atom stereocenters. The van der Waals surface area contributed by atoms with E-state index in [9.17, 15) is 19.2 Å². The molecular weight excluding hydrogens is 484 g/mol. The summed E-state index contributed by atoms with van der Waals surface area (Å²) >= 11 is 0. The largest absolute Gasteiger partial charge is 0.464 e. The number of nitrogens with zero attached hydrogens (tertiary/aromatic N) is 2. The lowest BCUT2D eigenvalue weighted by molar-refractivity contribution is -0.176. The number of rotatable bonds is 12. The van der Waals surface area contributed by atoms with Crippen LogP contribution in [-0.4, -0.2) is 70.9 Å². The van der Waals surface area contributed by atoms with Crippen molar-refractivity contribution in [2.75, 3.05) is 13.2 Å². The number of benzene rings is 2. The van der Waals surface area contributed by atoms with E-state index in [0.29, 0.717) is 25.7 Å². The van der Waals surface area contributed by atoms with Gasteiger partial charge in [-0.15, -0.1) is 0 Å². The molecule has 0 saturated carbocycles. The Morgan fingerprint density at radius 1 is 0.684 bits per heavy atom. The first-order chi connectivity index (χ1) is 18.3. The molecule has 204 valence electrons. The van der Waals surface area contributed by atoms with E-state index in [1.165, 1.54) is 9.80 Å². The van der Waals surface area contributed by atoms with Gasteiger partial charge in [-0.3, -0.25) is 9.59 Å². The standard InChI is InChI=1S/C30H38N2O6/c1-5-37-29(35)25(19-17-23-13-9-7-10-14-23)31-21(3)28(34)32(22(4)27(31)33)26(30(36)38-6-2)20-18-24-15-11-8-12-16-24/h7-16,21-22,25-26H,5-6,17-20H2,1-4H3/t21-,22-,25-,26-/m0/s1. The van der Waals surface area contributed by atoms with Crippen molar-refractivity contribution in [3.05, 3.63) is 71.8 Å². The fourth-order valence-corrected chi connectivity index (χ4v) is 5.01. The van der Waals surface area contributed by atoms with E-state index in [0.717, 1.165) is 11.1 Å². The summed E-state index contributed by atoms with van der Waals surface area (Å²) in [4.78, 5) is 56.3. The summed E-state index contributed by atoms with van der Waals surface area (Å²) in [6.07, 6.45) is 1.70. The monoisotopic (exact) mass is 522 g/mol. The van der Waals surface area contributed by atoms with Crippen LogP contribution in [0.1, 0.15) is 51.7 Å². The number of piperazine rings is 1. The van der Waals surface area contributed by atoms with Crippen LogP contribution in [0.4, 0.5) is 0 Å². The van der Waals surface area contributed by atoms with Gasteiger partial charge in [0, 0.05) is 0 Å². The van der Waals surface area contributed by atoms with Crippen LogP contribution < -0.4 is 0 Å². The van der Waals surface area contributed by atoms with Gasteiger partial charge < -0.3 is 19.3 Å². The molecule has 0 aromatic heterocycles. The lowest BCUT2D eigenvalue weighted by Gasteiger charge is -2.47. The Kier molecular flexibility index (Phi) is 10.4. The average molecular weight is 523 g/mol. The van der Waals surface area contributed by atoms with Crippen LogP contribution in [0.5, 0.6) is 0 Å². The van der Waals surface area contributed by atoms with E-state index in [-0.39, 0.29) is 13.2 Å². The van der Waals surface area contributed by atoms with Crippen LogP contribution in [0.2, 0.25) is 0 Å². The van der Waals surface area contributed by atoms with Gasteiger partial charge in [-0.25, -0.2) is 9.59 Å². The minimum atomic E-state index is -0.947. The summed E-state index contributed by atoms with van der Waals surface area (Å²) in [7, 11) is 0. The molecule has 2 aromatic rings. The maximum atomic E-state index is 13.8. The van der Waals surface area contributed by atoms with E-state index in [1.54, 1.807) is 27.7 Å². The molecule has 8 nitrogen and oxygen atoms in total. The first-order valence-corrected chi connectivity index (χ1v) is 13.4. The SMILES string of the molecule is CCOC(=O)[C@H](CCc1ccccc1)N1C(=O)[C@H](C)N([C@@H](CCc2ccccc2)C(=O)OCC)C(=O)[C@@H]1C. The fourth-order valence-electron chi connectivity index (χ4n) is 5.01. The zero-order chi connectivity index (χ0) is 27.7.